The van der Waals surface area contributed by atoms with Crippen LogP contribution < -0.4 is 5.32 Å². The first-order valence-electron chi connectivity index (χ1n) is 7.62. The molecule has 1 heterocycles. The Hall–Kier alpha value is -1.94. The summed E-state index contributed by atoms with van der Waals surface area (Å²) in [5, 5.41) is 16.8. The highest BCUT2D eigenvalue weighted by molar-refractivity contribution is 6.29. The van der Waals surface area contributed by atoms with Crippen molar-refractivity contribution in [3.8, 4) is 0 Å². The number of fused-ring (bicyclic) bond motifs is 1. The third-order valence-electron chi connectivity index (χ3n) is 4.10. The molecule has 1 unspecified atom stereocenters. The Morgan fingerprint density at radius 3 is 2.48 bits per heavy atom. The molecule has 3 nitrogen and oxygen atoms in total. The van der Waals surface area contributed by atoms with Crippen molar-refractivity contribution < 1.29 is 5.11 Å². The van der Waals surface area contributed by atoms with E-state index in [9.17, 15) is 5.11 Å². The number of aliphatic hydroxyl groups is 1. The zero-order valence-electron chi connectivity index (χ0n) is 12.9. The molecule has 4 heteroatoms. The second-order valence-electron chi connectivity index (χ2n) is 5.63. The summed E-state index contributed by atoms with van der Waals surface area (Å²) in [4.78, 5) is 4.07. The second-order valence-corrected chi connectivity index (χ2v) is 6.02. The van der Waals surface area contributed by atoms with Crippen LogP contribution in [0.4, 0.5) is 0 Å². The van der Waals surface area contributed by atoms with E-state index < -0.39 is 6.10 Å². The molecule has 0 aliphatic carbocycles. The van der Waals surface area contributed by atoms with Gasteiger partial charge >= 0.3 is 0 Å². The molecule has 0 aliphatic heterocycles. The Balaban J connectivity index is 1.97. The van der Waals surface area contributed by atoms with Crippen LogP contribution in [0.25, 0.3) is 10.8 Å². The van der Waals surface area contributed by atoms with Gasteiger partial charge in [0.05, 0.1) is 6.10 Å². The van der Waals surface area contributed by atoms with Gasteiger partial charge in [0.2, 0.25) is 0 Å². The summed E-state index contributed by atoms with van der Waals surface area (Å²) in [5.74, 6) is -0.0624. The molecule has 1 aromatic heterocycles. The largest absolute Gasteiger partial charge is 0.388 e. The molecule has 0 fully saturated rings. The standard InChI is InChI=1S/C19H19ClN2O/c1-21-12-17(19(23)16-8-9-18(20)22-11-16)15-7-6-13-4-2-3-5-14(13)10-15/h2-11,17,19,21,23H,12H2,1H3/t17?,19-/m0/s1. The number of halogens is 1. The van der Waals surface area contributed by atoms with Gasteiger partial charge in [0, 0.05) is 18.7 Å². The highest BCUT2D eigenvalue weighted by Gasteiger charge is 2.22. The lowest BCUT2D eigenvalue weighted by Gasteiger charge is -2.24. The Labute approximate surface area is 140 Å². The first kappa shape index (κ1) is 15.9. The van der Waals surface area contributed by atoms with Crippen LogP contribution >= 0.6 is 11.6 Å². The van der Waals surface area contributed by atoms with Crippen molar-refractivity contribution in [1.29, 1.82) is 0 Å². The third kappa shape index (κ3) is 3.53. The number of nitrogens with one attached hydrogen (secondary N) is 1. The molecule has 0 spiro atoms. The number of aliphatic hydroxyl groups excluding tert-OH is 1. The van der Waals surface area contributed by atoms with Gasteiger partial charge in [0.1, 0.15) is 5.15 Å². The summed E-state index contributed by atoms with van der Waals surface area (Å²) in [5.41, 5.74) is 1.86. The first-order valence-corrected chi connectivity index (χ1v) is 7.99. The molecule has 2 atom stereocenters. The fourth-order valence-corrected chi connectivity index (χ4v) is 2.98. The van der Waals surface area contributed by atoms with E-state index in [0.29, 0.717) is 11.7 Å². The monoisotopic (exact) mass is 326 g/mol. The van der Waals surface area contributed by atoms with Crippen LogP contribution in [-0.4, -0.2) is 23.7 Å². The predicted molar refractivity (Wildman–Crippen MR) is 94.8 cm³/mol. The number of pyridine rings is 1. The number of hydrogen-bond acceptors (Lipinski definition) is 3. The summed E-state index contributed by atoms with van der Waals surface area (Å²) >= 11 is 5.83. The van der Waals surface area contributed by atoms with Crippen LogP contribution in [0, 0.1) is 0 Å². The zero-order valence-corrected chi connectivity index (χ0v) is 13.7. The lowest BCUT2D eigenvalue weighted by molar-refractivity contribution is 0.144. The van der Waals surface area contributed by atoms with E-state index in [-0.39, 0.29) is 5.92 Å². The molecule has 0 bridgehead atoms. The summed E-state index contributed by atoms with van der Waals surface area (Å²) in [7, 11) is 1.89. The van der Waals surface area contributed by atoms with Crippen LogP contribution in [0.2, 0.25) is 5.15 Å². The van der Waals surface area contributed by atoms with Crippen LogP contribution in [0.3, 0.4) is 0 Å². The number of benzene rings is 2. The number of likely N-dealkylation sites (N-methyl/N-ethyl adjacent to an activating group) is 1. The molecule has 2 aromatic carbocycles. The number of aromatic nitrogens is 1. The number of rotatable bonds is 5. The van der Waals surface area contributed by atoms with Gasteiger partial charge in [-0.15, -0.1) is 0 Å². The van der Waals surface area contributed by atoms with Gasteiger partial charge in [0.15, 0.2) is 0 Å². The van der Waals surface area contributed by atoms with Crippen LogP contribution in [0.15, 0.2) is 60.8 Å². The normalized spacial score (nSPS) is 13.9. The topological polar surface area (TPSA) is 45.1 Å². The van der Waals surface area contributed by atoms with Gasteiger partial charge in [-0.2, -0.15) is 0 Å². The summed E-state index contributed by atoms with van der Waals surface area (Å²) in [6.45, 7) is 0.669. The zero-order chi connectivity index (χ0) is 16.2. The molecule has 0 radical (unpaired) electrons. The minimum atomic E-state index is -0.645. The minimum absolute atomic E-state index is 0.0624. The van der Waals surface area contributed by atoms with Crippen LogP contribution in [0.1, 0.15) is 23.1 Å². The highest BCUT2D eigenvalue weighted by atomic mass is 35.5. The van der Waals surface area contributed by atoms with Gasteiger partial charge in [-0.1, -0.05) is 60.1 Å². The van der Waals surface area contributed by atoms with Gasteiger partial charge in [-0.05, 0) is 35.0 Å². The Kier molecular flexibility index (Phi) is 4.91. The molecule has 0 saturated heterocycles. The van der Waals surface area contributed by atoms with E-state index in [1.165, 1.54) is 10.8 Å². The fourth-order valence-electron chi connectivity index (χ4n) is 2.86. The van der Waals surface area contributed by atoms with E-state index in [2.05, 4.69) is 40.6 Å². The molecule has 2 N–H and O–H groups in total. The van der Waals surface area contributed by atoms with E-state index in [4.69, 9.17) is 11.6 Å². The van der Waals surface area contributed by atoms with Crippen molar-refractivity contribution in [3.05, 3.63) is 77.1 Å². The molecule has 118 valence electrons. The van der Waals surface area contributed by atoms with Crippen molar-refractivity contribution in [3.63, 3.8) is 0 Å². The maximum Gasteiger partial charge on any atom is 0.129 e. The smallest absolute Gasteiger partial charge is 0.129 e. The van der Waals surface area contributed by atoms with E-state index in [0.717, 1.165) is 11.1 Å². The Morgan fingerprint density at radius 1 is 1.04 bits per heavy atom. The molecule has 0 aliphatic rings. The van der Waals surface area contributed by atoms with Crippen molar-refractivity contribution >= 4 is 22.4 Å². The quantitative estimate of drug-likeness (QED) is 0.698. The number of nitrogens with zero attached hydrogens (tertiary/aromatic N) is 1. The summed E-state index contributed by atoms with van der Waals surface area (Å²) in [6, 6.07) is 18.1. The van der Waals surface area contributed by atoms with E-state index in [1.807, 2.05) is 25.2 Å². The van der Waals surface area contributed by atoms with Gasteiger partial charge in [-0.3, -0.25) is 0 Å². The minimum Gasteiger partial charge on any atom is -0.388 e. The molecule has 23 heavy (non-hydrogen) atoms. The second kappa shape index (κ2) is 7.09. The highest BCUT2D eigenvalue weighted by Crippen LogP contribution is 2.32. The SMILES string of the molecule is CNCC(c1ccc2ccccc2c1)[C@@H](O)c1ccc(Cl)nc1. The van der Waals surface area contributed by atoms with Gasteiger partial charge in [-0.25, -0.2) is 4.98 Å². The van der Waals surface area contributed by atoms with Gasteiger partial charge in [0.25, 0.3) is 0 Å². The molecule has 0 amide bonds. The Morgan fingerprint density at radius 2 is 1.78 bits per heavy atom. The molecule has 3 rings (SSSR count). The van der Waals surface area contributed by atoms with Crippen LogP contribution in [0.5, 0.6) is 0 Å². The Bertz CT molecular complexity index is 789. The van der Waals surface area contributed by atoms with Crippen molar-refractivity contribution in [2.75, 3.05) is 13.6 Å². The van der Waals surface area contributed by atoms with E-state index in [1.54, 1.807) is 12.3 Å². The predicted octanol–water partition coefficient (Wildman–Crippen LogP) is 3.92. The van der Waals surface area contributed by atoms with Crippen molar-refractivity contribution in [2.24, 2.45) is 0 Å². The van der Waals surface area contributed by atoms with Crippen molar-refractivity contribution in [2.45, 2.75) is 12.0 Å². The van der Waals surface area contributed by atoms with Gasteiger partial charge < -0.3 is 10.4 Å². The maximum absolute atomic E-state index is 10.8. The van der Waals surface area contributed by atoms with Crippen molar-refractivity contribution in [1.82, 2.24) is 10.3 Å². The average molecular weight is 327 g/mol. The molecule has 3 aromatic rings. The maximum atomic E-state index is 10.8. The third-order valence-corrected chi connectivity index (χ3v) is 4.32. The molecular formula is C19H19ClN2O. The summed E-state index contributed by atoms with van der Waals surface area (Å²) < 4.78 is 0. The summed E-state index contributed by atoms with van der Waals surface area (Å²) in [6.07, 6.45) is 0.991. The van der Waals surface area contributed by atoms with Crippen LogP contribution in [-0.2, 0) is 0 Å². The lowest BCUT2D eigenvalue weighted by atomic mass is 9.88. The first-order chi connectivity index (χ1) is 11.2. The lowest BCUT2D eigenvalue weighted by Crippen LogP contribution is -2.23. The number of hydrogen-bond donors (Lipinski definition) is 2. The average Bonchev–Trinajstić information content (AvgIpc) is 2.59. The molecular weight excluding hydrogens is 308 g/mol. The van der Waals surface area contributed by atoms with E-state index >= 15 is 0 Å². The fraction of sp³-hybridized carbons (Fsp3) is 0.211. The molecule has 0 saturated carbocycles.